The van der Waals surface area contributed by atoms with Crippen LogP contribution in [-0.2, 0) is 47.8 Å². The van der Waals surface area contributed by atoms with Gasteiger partial charge < -0.3 is 34.6 Å². The highest BCUT2D eigenvalue weighted by atomic mass is 35.5. The van der Waals surface area contributed by atoms with E-state index >= 15 is 0 Å². The first-order chi connectivity index (χ1) is 35.4. The molecule has 0 aromatic heterocycles. The van der Waals surface area contributed by atoms with Gasteiger partial charge in [0.2, 0.25) is 16.4 Å². The number of ether oxygens (including phenoxy) is 3. The molecule has 15 heteroatoms. The summed E-state index contributed by atoms with van der Waals surface area (Å²) in [6.45, 7) is 46.2. The molecule has 14 nitrogen and oxygen atoms in total. The van der Waals surface area contributed by atoms with Gasteiger partial charge in [0.05, 0.1) is 0 Å². The van der Waals surface area contributed by atoms with E-state index in [4.69, 9.17) is 30.9 Å². The molecule has 4 rings (SSSR count). The summed E-state index contributed by atoms with van der Waals surface area (Å²) in [5, 5.41) is 38.2. The summed E-state index contributed by atoms with van der Waals surface area (Å²) in [6, 6.07) is 0. The molecule has 4 saturated carbocycles. The number of carboxylic acid groups (broad SMARTS) is 3. The van der Waals surface area contributed by atoms with Crippen LogP contribution >= 0.6 is 11.6 Å². The van der Waals surface area contributed by atoms with Crippen LogP contribution in [0, 0.1) is 94.7 Å². The van der Waals surface area contributed by atoms with E-state index in [1.807, 2.05) is 55.4 Å². The fourth-order valence-corrected chi connectivity index (χ4v) is 14.2. The van der Waals surface area contributed by atoms with Crippen LogP contribution < -0.4 is 0 Å². The molecule has 4 aliphatic carbocycles. The number of aliphatic carboxylic acids is 3. The minimum absolute atomic E-state index is 0. The van der Waals surface area contributed by atoms with Crippen molar-refractivity contribution in [1.29, 1.82) is 0 Å². The highest BCUT2D eigenvalue weighted by Gasteiger charge is 2.60. The van der Waals surface area contributed by atoms with E-state index in [2.05, 4.69) is 89.3 Å². The van der Waals surface area contributed by atoms with Gasteiger partial charge in [0.15, 0.2) is 5.60 Å². The SMILES string of the molecule is C.C=CC(=O)Cl.C=CC(=O)O[C@]1(C(=O)O)CCC(C(C)C)C1C(C)C.CC(C)C1CC[C@](O)(C(=O)O)C1C(C)C.CCCC(=O)O[C@]1(C(=O)O)CCC(C(C)C)C1C(C)C.CCCC(=O)O[C@]1(C)CCC(C(C)C)C1C(C)C. The molecule has 4 fully saturated rings. The Kier molecular flexibility index (Phi) is 33.1. The lowest BCUT2D eigenvalue weighted by Crippen LogP contribution is -2.50. The zero-order chi connectivity index (χ0) is 60.3. The topological polar surface area (TPSA) is 228 Å². The van der Waals surface area contributed by atoms with Crippen LogP contribution in [0.2, 0.25) is 0 Å². The predicted molar refractivity (Wildman–Crippen MR) is 311 cm³/mol. The highest BCUT2D eigenvalue weighted by molar-refractivity contribution is 6.66. The Morgan fingerprint density at radius 3 is 1.09 bits per heavy atom. The first-order valence-corrected chi connectivity index (χ1v) is 29.3. The molecule has 0 radical (unpaired) electrons. The fourth-order valence-electron chi connectivity index (χ4n) is 14.2. The molecule has 0 amide bonds. The standard InChI is InChI=1S/C16H28O4.C16H30O2.C15H24O4.C12H22O3.C3H3ClO.CH4/c1-6-7-13(17)20-16(15(18)19)9-8-12(10(2)3)14(16)11(4)5;1-7-8-14(17)18-16(6)10-9-13(11(2)3)15(16)12(4)5;1-6-12(16)19-15(14(17)18)8-7-11(9(2)3)13(15)10(4)5;1-7(2)9-5-6-12(15,11(13)14)10(9)8(3)4;1-2-3(4)5;/h10-12,14H,6-9H2,1-5H3,(H,18,19);11-13,15H,7-10H2,1-6H3;6,9-11,13H,1,7-8H2,2-5H3,(H,17,18);7-10,15H,5-6H2,1-4H3,(H,13,14);2H,1H2;1H4/t12?,14?,16-;13?,15?,16-;11?,13?,15-;9?,10?,12-;;/m1111../s1. The molecule has 0 spiro atoms. The van der Waals surface area contributed by atoms with E-state index in [0.29, 0.717) is 85.4 Å². The molecular formula is C63H111ClO14. The maximum atomic E-state index is 11.9. The van der Waals surface area contributed by atoms with E-state index in [9.17, 15) is 48.9 Å². The van der Waals surface area contributed by atoms with E-state index in [-0.39, 0.29) is 72.8 Å². The van der Waals surface area contributed by atoms with E-state index in [1.54, 1.807) is 0 Å². The van der Waals surface area contributed by atoms with Crippen molar-refractivity contribution in [3.63, 3.8) is 0 Å². The van der Waals surface area contributed by atoms with Crippen LogP contribution in [0.3, 0.4) is 0 Å². The highest BCUT2D eigenvalue weighted by Crippen LogP contribution is 2.53. The van der Waals surface area contributed by atoms with Crippen LogP contribution in [0.25, 0.3) is 0 Å². The van der Waals surface area contributed by atoms with Crippen molar-refractivity contribution in [3.8, 4) is 0 Å². The molecule has 454 valence electrons. The van der Waals surface area contributed by atoms with Gasteiger partial charge in [0.25, 0.3) is 0 Å². The second-order valence-corrected chi connectivity index (χ2v) is 25.8. The molecule has 0 aromatic rings. The molecule has 0 saturated heterocycles. The Morgan fingerprint density at radius 2 is 0.795 bits per heavy atom. The number of allylic oxidation sites excluding steroid dienone is 1. The zero-order valence-corrected chi connectivity index (χ0v) is 51.8. The first-order valence-electron chi connectivity index (χ1n) is 28.9. The average Bonchev–Trinajstić information content (AvgIpc) is 4.09. The summed E-state index contributed by atoms with van der Waals surface area (Å²) in [6.07, 6.45) is 10.3. The zero-order valence-electron chi connectivity index (χ0n) is 51.0. The number of rotatable bonds is 20. The molecule has 8 unspecified atom stereocenters. The van der Waals surface area contributed by atoms with Crippen LogP contribution in [0.4, 0.5) is 0 Å². The number of carboxylic acids is 3. The third kappa shape index (κ3) is 20.0. The molecule has 0 aromatic carbocycles. The van der Waals surface area contributed by atoms with Crippen LogP contribution in [0.5, 0.6) is 0 Å². The van der Waals surface area contributed by atoms with Crippen molar-refractivity contribution >= 4 is 52.7 Å². The Morgan fingerprint density at radius 1 is 0.487 bits per heavy atom. The summed E-state index contributed by atoms with van der Waals surface area (Å²) in [5.41, 5.74) is -4.46. The van der Waals surface area contributed by atoms with Crippen LogP contribution in [-0.4, -0.2) is 83.9 Å². The van der Waals surface area contributed by atoms with Crippen molar-refractivity contribution in [3.05, 3.63) is 25.3 Å². The Hall–Kier alpha value is -3.78. The van der Waals surface area contributed by atoms with Gasteiger partial charge in [-0.15, -0.1) is 0 Å². The quantitative estimate of drug-likeness (QED) is 0.0385. The second-order valence-electron chi connectivity index (χ2n) is 25.4. The maximum Gasteiger partial charge on any atom is 0.348 e. The van der Waals surface area contributed by atoms with Crippen LogP contribution in [0.1, 0.15) is 216 Å². The Labute approximate surface area is 477 Å². The Balaban J connectivity index is 0. The van der Waals surface area contributed by atoms with E-state index in [0.717, 1.165) is 44.3 Å². The lowest BCUT2D eigenvalue weighted by Gasteiger charge is -2.37. The summed E-state index contributed by atoms with van der Waals surface area (Å²) >= 11 is 4.71. The third-order valence-corrected chi connectivity index (χ3v) is 17.4. The molecule has 0 heterocycles. The number of carbonyl (C=O) groups excluding carboxylic acids is 4. The van der Waals surface area contributed by atoms with Crippen molar-refractivity contribution in [2.24, 2.45) is 94.7 Å². The monoisotopic (exact) mass is 1130 g/mol. The van der Waals surface area contributed by atoms with Crippen molar-refractivity contribution in [1.82, 2.24) is 0 Å². The summed E-state index contributed by atoms with van der Waals surface area (Å²) < 4.78 is 16.7. The molecule has 0 bridgehead atoms. The van der Waals surface area contributed by atoms with Gasteiger partial charge in [-0.05, 0) is 160 Å². The number of carbonyl (C=O) groups is 7. The first kappa shape index (κ1) is 76.3. The van der Waals surface area contributed by atoms with Gasteiger partial charge >= 0.3 is 35.8 Å². The summed E-state index contributed by atoms with van der Waals surface area (Å²) in [7, 11) is 0. The number of hydrogen-bond acceptors (Lipinski definition) is 11. The third-order valence-electron chi connectivity index (χ3n) is 17.3. The minimum atomic E-state index is -1.50. The molecular weight excluding hydrogens is 1020 g/mol. The second kappa shape index (κ2) is 33.8. The number of esters is 3. The fraction of sp³-hybridized carbons (Fsp3) is 0.825. The predicted octanol–water partition coefficient (Wildman–Crippen LogP) is 14.5. The average molecular weight is 1130 g/mol. The lowest BCUT2D eigenvalue weighted by molar-refractivity contribution is -0.187. The van der Waals surface area contributed by atoms with Crippen molar-refractivity contribution < 1.29 is 68.2 Å². The molecule has 0 aliphatic heterocycles. The van der Waals surface area contributed by atoms with Gasteiger partial charge in [-0.1, -0.05) is 145 Å². The van der Waals surface area contributed by atoms with E-state index < -0.39 is 45.9 Å². The maximum absolute atomic E-state index is 11.9. The summed E-state index contributed by atoms with van der Waals surface area (Å²) in [4.78, 5) is 79.4. The van der Waals surface area contributed by atoms with Gasteiger partial charge in [-0.25, -0.2) is 19.2 Å². The Bertz CT molecular complexity index is 1920. The molecule has 12 atom stereocenters. The summed E-state index contributed by atoms with van der Waals surface area (Å²) in [5.74, 6) is 0.516. The number of hydrogen-bond donors (Lipinski definition) is 4. The molecule has 4 N–H and O–H groups in total. The van der Waals surface area contributed by atoms with Crippen molar-refractivity contribution in [2.75, 3.05) is 0 Å². The molecule has 78 heavy (non-hydrogen) atoms. The van der Waals surface area contributed by atoms with Gasteiger partial charge in [-0.2, -0.15) is 0 Å². The van der Waals surface area contributed by atoms with Crippen molar-refractivity contribution in [2.45, 2.75) is 238 Å². The van der Waals surface area contributed by atoms with Gasteiger partial charge in [0, 0.05) is 42.6 Å². The smallest absolute Gasteiger partial charge is 0.348 e. The van der Waals surface area contributed by atoms with Gasteiger partial charge in [0.1, 0.15) is 5.60 Å². The minimum Gasteiger partial charge on any atom is -0.479 e. The number of halogens is 1. The van der Waals surface area contributed by atoms with E-state index in [1.165, 1.54) is 6.42 Å². The van der Waals surface area contributed by atoms with Gasteiger partial charge in [-0.3, -0.25) is 14.4 Å². The normalized spacial score (nSPS) is 30.0. The number of aliphatic hydroxyl groups is 1. The largest absolute Gasteiger partial charge is 0.479 e. The lowest BCUT2D eigenvalue weighted by atomic mass is 9.74. The van der Waals surface area contributed by atoms with Crippen LogP contribution in [0.15, 0.2) is 25.3 Å². The molecule has 4 aliphatic rings.